The Kier molecular flexibility index (Phi) is 5.46. The Bertz CT molecular complexity index is 862. The number of aryl methyl sites for hydroxylation is 2. The number of amides is 1. The molecule has 0 unspecified atom stereocenters. The Labute approximate surface area is 152 Å². The van der Waals surface area contributed by atoms with E-state index in [1.165, 1.54) is 4.57 Å². The number of hydrogen-bond donors (Lipinski definition) is 0. The van der Waals surface area contributed by atoms with Gasteiger partial charge in [-0.05, 0) is 38.5 Å². The molecule has 1 fully saturated rings. The summed E-state index contributed by atoms with van der Waals surface area (Å²) in [6.45, 7) is 5.83. The molecule has 1 aliphatic rings. The number of nitrogens with zero attached hydrogens (tertiary/aromatic N) is 4. The Balaban J connectivity index is 1.78. The number of hydrogen-bond acceptors (Lipinski definition) is 5. The number of carbonyl (C=O) groups excluding carboxylic acids is 1. The molecular formula is C19H24N4O3. The van der Waals surface area contributed by atoms with Gasteiger partial charge in [0.05, 0.1) is 13.2 Å². The fraction of sp³-hybridized carbons (Fsp3) is 0.474. The topological polar surface area (TPSA) is 77.3 Å². The van der Waals surface area contributed by atoms with Crippen LogP contribution >= 0.6 is 0 Å². The average molecular weight is 356 g/mol. The van der Waals surface area contributed by atoms with Gasteiger partial charge in [-0.1, -0.05) is 0 Å². The first-order valence-electron chi connectivity index (χ1n) is 8.77. The second-order valence-electron chi connectivity index (χ2n) is 6.80. The molecule has 7 heteroatoms. The van der Waals surface area contributed by atoms with E-state index in [1.54, 1.807) is 30.4 Å². The quantitative estimate of drug-likeness (QED) is 0.824. The number of carbonyl (C=O) groups is 1. The summed E-state index contributed by atoms with van der Waals surface area (Å²) in [4.78, 5) is 35.5. The van der Waals surface area contributed by atoms with Gasteiger partial charge in [-0.25, -0.2) is 9.97 Å². The molecule has 1 amide bonds. The van der Waals surface area contributed by atoms with Gasteiger partial charge in [0.15, 0.2) is 0 Å². The molecule has 0 saturated carbocycles. The van der Waals surface area contributed by atoms with Crippen LogP contribution in [-0.2, 0) is 18.2 Å². The van der Waals surface area contributed by atoms with Gasteiger partial charge in [0.1, 0.15) is 11.9 Å². The summed E-state index contributed by atoms with van der Waals surface area (Å²) in [6, 6.07) is 5.37. The molecule has 0 aromatic carbocycles. The van der Waals surface area contributed by atoms with Crippen molar-refractivity contribution in [1.82, 2.24) is 19.4 Å². The van der Waals surface area contributed by atoms with Crippen molar-refractivity contribution in [1.29, 1.82) is 0 Å². The third kappa shape index (κ3) is 3.99. The lowest BCUT2D eigenvalue weighted by Gasteiger charge is -2.23. The SMILES string of the molecule is Cc1cc(C[C@@H]2COCCN(C(=O)c3ccc(C)n(C)c3=O)C2)ncn1. The minimum Gasteiger partial charge on any atom is -0.379 e. The maximum Gasteiger partial charge on any atom is 0.263 e. The van der Waals surface area contributed by atoms with Gasteiger partial charge >= 0.3 is 0 Å². The highest BCUT2D eigenvalue weighted by Crippen LogP contribution is 2.15. The molecule has 26 heavy (non-hydrogen) atoms. The fourth-order valence-corrected chi connectivity index (χ4v) is 3.17. The van der Waals surface area contributed by atoms with Gasteiger partial charge in [0, 0.05) is 43.1 Å². The molecule has 0 bridgehead atoms. The molecule has 1 saturated heterocycles. The van der Waals surface area contributed by atoms with Crippen LogP contribution in [0.3, 0.4) is 0 Å². The zero-order valence-electron chi connectivity index (χ0n) is 15.4. The zero-order chi connectivity index (χ0) is 18.7. The predicted octanol–water partition coefficient (Wildman–Crippen LogP) is 1.12. The molecule has 0 spiro atoms. The molecule has 2 aromatic heterocycles. The van der Waals surface area contributed by atoms with Gasteiger partial charge in [0.2, 0.25) is 0 Å². The van der Waals surface area contributed by atoms with Crippen LogP contribution < -0.4 is 5.56 Å². The van der Waals surface area contributed by atoms with Crippen LogP contribution in [0.1, 0.15) is 27.4 Å². The first-order valence-corrected chi connectivity index (χ1v) is 8.77. The summed E-state index contributed by atoms with van der Waals surface area (Å²) in [6.07, 6.45) is 2.26. The molecule has 3 rings (SSSR count). The van der Waals surface area contributed by atoms with E-state index in [9.17, 15) is 9.59 Å². The average Bonchev–Trinajstić information content (AvgIpc) is 2.85. The molecular weight excluding hydrogens is 332 g/mol. The summed E-state index contributed by atoms with van der Waals surface area (Å²) < 4.78 is 7.18. The van der Waals surface area contributed by atoms with Crippen molar-refractivity contribution < 1.29 is 9.53 Å². The van der Waals surface area contributed by atoms with Crippen LogP contribution in [-0.4, -0.2) is 51.6 Å². The summed E-state index contributed by atoms with van der Waals surface area (Å²) >= 11 is 0. The van der Waals surface area contributed by atoms with Crippen molar-refractivity contribution >= 4 is 5.91 Å². The normalized spacial score (nSPS) is 17.8. The van der Waals surface area contributed by atoms with Crippen molar-refractivity contribution in [3.05, 3.63) is 57.5 Å². The highest BCUT2D eigenvalue weighted by Gasteiger charge is 2.26. The van der Waals surface area contributed by atoms with E-state index in [1.807, 2.05) is 19.9 Å². The van der Waals surface area contributed by atoms with Crippen LogP contribution in [0.25, 0.3) is 0 Å². The van der Waals surface area contributed by atoms with Crippen molar-refractivity contribution in [2.45, 2.75) is 20.3 Å². The molecule has 3 heterocycles. The highest BCUT2D eigenvalue weighted by molar-refractivity contribution is 5.93. The first-order chi connectivity index (χ1) is 12.5. The number of rotatable bonds is 3. The molecule has 0 N–H and O–H groups in total. The minimum atomic E-state index is -0.261. The third-order valence-corrected chi connectivity index (χ3v) is 4.77. The Morgan fingerprint density at radius 2 is 2.12 bits per heavy atom. The fourth-order valence-electron chi connectivity index (χ4n) is 3.17. The van der Waals surface area contributed by atoms with E-state index in [0.29, 0.717) is 32.7 Å². The van der Waals surface area contributed by atoms with Crippen molar-refractivity contribution in [3.63, 3.8) is 0 Å². The van der Waals surface area contributed by atoms with Crippen molar-refractivity contribution in [3.8, 4) is 0 Å². The van der Waals surface area contributed by atoms with Gasteiger partial charge in [-0.2, -0.15) is 0 Å². The highest BCUT2D eigenvalue weighted by atomic mass is 16.5. The van der Waals surface area contributed by atoms with Gasteiger partial charge in [0.25, 0.3) is 11.5 Å². The third-order valence-electron chi connectivity index (χ3n) is 4.77. The van der Waals surface area contributed by atoms with E-state index in [0.717, 1.165) is 17.1 Å². The second kappa shape index (κ2) is 7.78. The van der Waals surface area contributed by atoms with Gasteiger partial charge in [-0.15, -0.1) is 0 Å². The van der Waals surface area contributed by atoms with Crippen LogP contribution in [0.2, 0.25) is 0 Å². The summed E-state index contributed by atoms with van der Waals surface area (Å²) in [5.41, 5.74) is 2.62. The van der Waals surface area contributed by atoms with Crippen LogP contribution in [0.4, 0.5) is 0 Å². The van der Waals surface area contributed by atoms with E-state index >= 15 is 0 Å². The van der Waals surface area contributed by atoms with E-state index in [2.05, 4.69) is 9.97 Å². The largest absolute Gasteiger partial charge is 0.379 e. The number of pyridine rings is 1. The summed E-state index contributed by atoms with van der Waals surface area (Å²) in [5.74, 6) is -0.106. The first kappa shape index (κ1) is 18.3. The summed E-state index contributed by atoms with van der Waals surface area (Å²) in [7, 11) is 1.68. The summed E-state index contributed by atoms with van der Waals surface area (Å²) in [5, 5.41) is 0. The van der Waals surface area contributed by atoms with E-state index < -0.39 is 0 Å². The lowest BCUT2D eigenvalue weighted by molar-refractivity contribution is 0.0735. The zero-order valence-corrected chi connectivity index (χ0v) is 15.4. The maximum atomic E-state index is 12.9. The van der Waals surface area contributed by atoms with Crippen LogP contribution in [0, 0.1) is 19.8 Å². The lowest BCUT2D eigenvalue weighted by atomic mass is 10.0. The van der Waals surface area contributed by atoms with Crippen molar-refractivity contribution in [2.24, 2.45) is 13.0 Å². The van der Waals surface area contributed by atoms with E-state index in [4.69, 9.17) is 4.74 Å². The Morgan fingerprint density at radius 1 is 1.31 bits per heavy atom. The van der Waals surface area contributed by atoms with Crippen LogP contribution in [0.5, 0.6) is 0 Å². The smallest absolute Gasteiger partial charge is 0.263 e. The van der Waals surface area contributed by atoms with Gasteiger partial charge < -0.3 is 14.2 Å². The lowest BCUT2D eigenvalue weighted by Crippen LogP contribution is -2.40. The van der Waals surface area contributed by atoms with Crippen LogP contribution in [0.15, 0.2) is 29.3 Å². The Hall–Kier alpha value is -2.54. The molecule has 0 radical (unpaired) electrons. The monoisotopic (exact) mass is 356 g/mol. The standard InChI is InChI=1S/C19H24N4O3/c1-13-8-16(21-12-20-13)9-15-10-23(6-7-26-11-15)19(25)17-5-4-14(2)22(3)18(17)24/h4-5,8,12,15H,6-7,9-11H2,1-3H3/t15-/m0/s1. The molecule has 2 aromatic rings. The molecule has 138 valence electrons. The molecule has 1 atom stereocenters. The number of aromatic nitrogens is 3. The maximum absolute atomic E-state index is 12.9. The van der Waals surface area contributed by atoms with Crippen molar-refractivity contribution in [2.75, 3.05) is 26.3 Å². The van der Waals surface area contributed by atoms with Gasteiger partial charge in [-0.3, -0.25) is 9.59 Å². The predicted molar refractivity (Wildman–Crippen MR) is 97.1 cm³/mol. The Morgan fingerprint density at radius 3 is 2.88 bits per heavy atom. The van der Waals surface area contributed by atoms with E-state index in [-0.39, 0.29) is 22.9 Å². The molecule has 1 aliphatic heterocycles. The molecule has 0 aliphatic carbocycles. The second-order valence-corrected chi connectivity index (χ2v) is 6.80. The number of ether oxygens (including phenoxy) is 1. The molecule has 7 nitrogen and oxygen atoms in total. The minimum absolute atomic E-state index is 0.130.